The van der Waals surface area contributed by atoms with E-state index < -0.39 is 0 Å². The Morgan fingerprint density at radius 1 is 1.25 bits per heavy atom. The predicted molar refractivity (Wildman–Crippen MR) is 92.5 cm³/mol. The monoisotopic (exact) mass is 394 g/mol. The van der Waals surface area contributed by atoms with Crippen LogP contribution in [0.4, 0.5) is 0 Å². The van der Waals surface area contributed by atoms with E-state index >= 15 is 0 Å². The summed E-state index contributed by atoms with van der Waals surface area (Å²) in [7, 11) is 3.57. The van der Waals surface area contributed by atoms with Gasteiger partial charge in [-0.1, -0.05) is 0 Å². The molecule has 6 heteroatoms. The van der Waals surface area contributed by atoms with Crippen molar-refractivity contribution in [2.75, 3.05) is 27.2 Å². The van der Waals surface area contributed by atoms with Gasteiger partial charge < -0.3 is 15.5 Å². The van der Waals surface area contributed by atoms with Gasteiger partial charge >= 0.3 is 0 Å². The maximum Gasteiger partial charge on any atom is 0.220 e. The zero-order chi connectivity index (χ0) is 13.7. The van der Waals surface area contributed by atoms with Crippen LogP contribution in [0.1, 0.15) is 38.5 Å². The molecule has 0 bridgehead atoms. The molecule has 5 nitrogen and oxygen atoms in total. The lowest BCUT2D eigenvalue weighted by molar-refractivity contribution is -0.121. The van der Waals surface area contributed by atoms with Crippen molar-refractivity contribution in [1.29, 1.82) is 0 Å². The molecular weight excluding hydrogens is 367 g/mol. The molecule has 2 fully saturated rings. The van der Waals surface area contributed by atoms with Gasteiger partial charge in [-0.15, -0.1) is 24.0 Å². The Kier molecular flexibility index (Phi) is 7.61. The number of likely N-dealkylation sites (tertiary alicyclic amines) is 1. The molecule has 1 aliphatic carbocycles. The van der Waals surface area contributed by atoms with E-state index in [1.807, 2.05) is 7.05 Å². The van der Waals surface area contributed by atoms with E-state index in [0.717, 1.165) is 31.9 Å². The third-order valence-electron chi connectivity index (χ3n) is 4.32. The third kappa shape index (κ3) is 4.79. The van der Waals surface area contributed by atoms with Crippen LogP contribution in [0.3, 0.4) is 0 Å². The lowest BCUT2D eigenvalue weighted by atomic mass is 9.92. The number of guanidine groups is 1. The van der Waals surface area contributed by atoms with E-state index in [-0.39, 0.29) is 29.9 Å². The molecular formula is C14H27IN4O. The van der Waals surface area contributed by atoms with Crippen molar-refractivity contribution >= 4 is 35.8 Å². The summed E-state index contributed by atoms with van der Waals surface area (Å²) in [5, 5.41) is 6.25. The summed E-state index contributed by atoms with van der Waals surface area (Å²) in [5.41, 5.74) is 0. The van der Waals surface area contributed by atoms with Crippen molar-refractivity contribution in [2.45, 2.75) is 44.6 Å². The molecule has 2 rings (SSSR count). The lowest BCUT2D eigenvalue weighted by Gasteiger charge is -2.37. The quantitative estimate of drug-likeness (QED) is 0.434. The zero-order valence-electron chi connectivity index (χ0n) is 12.5. The average molecular weight is 394 g/mol. The number of aliphatic imine (C=N–C) groups is 1. The molecule has 0 aromatic heterocycles. The van der Waals surface area contributed by atoms with Gasteiger partial charge in [-0.05, 0) is 38.0 Å². The van der Waals surface area contributed by atoms with Gasteiger partial charge in [0.1, 0.15) is 0 Å². The minimum absolute atomic E-state index is 0. The SMILES string of the molecule is CN=C(NC1CCC1)N1CCC(CC(=O)NC)CC1.I. The first kappa shape index (κ1) is 17.5. The van der Waals surface area contributed by atoms with Crippen LogP contribution in [0.15, 0.2) is 4.99 Å². The molecule has 2 aliphatic rings. The first-order chi connectivity index (χ1) is 9.22. The van der Waals surface area contributed by atoms with Gasteiger partial charge in [0.2, 0.25) is 5.91 Å². The van der Waals surface area contributed by atoms with Crippen LogP contribution in [0.2, 0.25) is 0 Å². The van der Waals surface area contributed by atoms with E-state index in [9.17, 15) is 4.79 Å². The van der Waals surface area contributed by atoms with Crippen LogP contribution in [0, 0.1) is 5.92 Å². The Morgan fingerprint density at radius 2 is 1.90 bits per heavy atom. The van der Waals surface area contributed by atoms with Crippen molar-refractivity contribution in [3.05, 3.63) is 0 Å². The Labute approximate surface area is 139 Å². The van der Waals surface area contributed by atoms with E-state index in [1.165, 1.54) is 19.3 Å². The Morgan fingerprint density at radius 3 is 2.35 bits per heavy atom. The summed E-state index contributed by atoms with van der Waals surface area (Å²) < 4.78 is 0. The fraction of sp³-hybridized carbons (Fsp3) is 0.857. The van der Waals surface area contributed by atoms with Crippen LogP contribution in [-0.2, 0) is 4.79 Å². The van der Waals surface area contributed by atoms with Crippen LogP contribution in [-0.4, -0.2) is 50.0 Å². The predicted octanol–water partition coefficient (Wildman–Crippen LogP) is 1.58. The molecule has 1 heterocycles. The highest BCUT2D eigenvalue weighted by atomic mass is 127. The number of halogens is 1. The van der Waals surface area contributed by atoms with E-state index in [1.54, 1.807) is 7.05 Å². The van der Waals surface area contributed by atoms with Crippen molar-refractivity contribution in [1.82, 2.24) is 15.5 Å². The molecule has 0 aromatic rings. The topological polar surface area (TPSA) is 56.7 Å². The van der Waals surface area contributed by atoms with Crippen LogP contribution in [0.5, 0.6) is 0 Å². The molecule has 0 radical (unpaired) electrons. The van der Waals surface area contributed by atoms with Gasteiger partial charge in [0.25, 0.3) is 0 Å². The van der Waals surface area contributed by atoms with Crippen molar-refractivity contribution in [3.63, 3.8) is 0 Å². The Hall–Kier alpha value is -0.530. The maximum absolute atomic E-state index is 11.4. The van der Waals surface area contributed by atoms with Gasteiger partial charge in [0.15, 0.2) is 5.96 Å². The number of amides is 1. The number of nitrogens with zero attached hydrogens (tertiary/aromatic N) is 2. The molecule has 116 valence electrons. The number of piperidine rings is 1. The lowest BCUT2D eigenvalue weighted by Crippen LogP contribution is -2.50. The van der Waals surface area contributed by atoms with Crippen molar-refractivity contribution in [2.24, 2.45) is 10.9 Å². The first-order valence-corrected chi connectivity index (χ1v) is 7.41. The van der Waals surface area contributed by atoms with Crippen LogP contribution < -0.4 is 10.6 Å². The summed E-state index contributed by atoms with van der Waals surface area (Å²) in [5.74, 6) is 1.73. The van der Waals surface area contributed by atoms with Gasteiger partial charge in [-0.3, -0.25) is 9.79 Å². The number of rotatable bonds is 3. The minimum atomic E-state index is 0. The highest BCUT2D eigenvalue weighted by Gasteiger charge is 2.25. The summed E-state index contributed by atoms with van der Waals surface area (Å²) in [6, 6.07) is 0.627. The highest BCUT2D eigenvalue weighted by molar-refractivity contribution is 14.0. The van der Waals surface area contributed by atoms with Crippen molar-refractivity contribution in [3.8, 4) is 0 Å². The fourth-order valence-electron chi connectivity index (χ4n) is 2.75. The highest BCUT2D eigenvalue weighted by Crippen LogP contribution is 2.22. The van der Waals surface area contributed by atoms with Gasteiger partial charge in [0, 0.05) is 39.6 Å². The summed E-state index contributed by atoms with van der Waals surface area (Å²) in [6.07, 6.45) is 6.71. The number of carbonyl (C=O) groups is 1. The number of nitrogens with one attached hydrogen (secondary N) is 2. The van der Waals surface area contributed by atoms with Gasteiger partial charge in [-0.2, -0.15) is 0 Å². The normalized spacial score (nSPS) is 20.9. The van der Waals surface area contributed by atoms with E-state index in [2.05, 4.69) is 20.5 Å². The van der Waals surface area contributed by atoms with Gasteiger partial charge in [0.05, 0.1) is 0 Å². The van der Waals surface area contributed by atoms with Crippen LogP contribution >= 0.6 is 24.0 Å². The summed E-state index contributed by atoms with van der Waals surface area (Å²) in [4.78, 5) is 18.1. The second kappa shape index (κ2) is 8.69. The average Bonchev–Trinajstić information content (AvgIpc) is 2.39. The molecule has 2 N–H and O–H groups in total. The molecule has 1 aliphatic heterocycles. The zero-order valence-corrected chi connectivity index (χ0v) is 14.9. The molecule has 0 spiro atoms. The maximum atomic E-state index is 11.4. The Balaban J connectivity index is 0.00000200. The summed E-state index contributed by atoms with van der Waals surface area (Å²) >= 11 is 0. The molecule has 1 saturated carbocycles. The molecule has 1 amide bonds. The molecule has 0 aromatic carbocycles. The number of hydrogen-bond acceptors (Lipinski definition) is 2. The van der Waals surface area contributed by atoms with Gasteiger partial charge in [-0.25, -0.2) is 0 Å². The third-order valence-corrected chi connectivity index (χ3v) is 4.32. The fourth-order valence-corrected chi connectivity index (χ4v) is 2.75. The van der Waals surface area contributed by atoms with E-state index in [4.69, 9.17) is 0 Å². The smallest absolute Gasteiger partial charge is 0.220 e. The minimum Gasteiger partial charge on any atom is -0.359 e. The van der Waals surface area contributed by atoms with E-state index in [0.29, 0.717) is 18.4 Å². The van der Waals surface area contributed by atoms with Crippen molar-refractivity contribution < 1.29 is 4.79 Å². The van der Waals surface area contributed by atoms with Crippen LogP contribution in [0.25, 0.3) is 0 Å². The Bertz CT molecular complexity index is 336. The number of carbonyl (C=O) groups excluding carboxylic acids is 1. The molecule has 0 atom stereocenters. The molecule has 1 saturated heterocycles. The number of hydrogen-bond donors (Lipinski definition) is 2. The molecule has 0 unspecified atom stereocenters. The largest absolute Gasteiger partial charge is 0.359 e. The summed E-state index contributed by atoms with van der Waals surface area (Å²) in [6.45, 7) is 2.02. The second-order valence-electron chi connectivity index (χ2n) is 5.63. The standard InChI is InChI=1S/C14H26N4O.HI/c1-15-13(19)10-11-6-8-18(9-7-11)14(16-2)17-12-4-3-5-12;/h11-12H,3-10H2,1-2H3,(H,15,19)(H,16,17);1H. The second-order valence-corrected chi connectivity index (χ2v) is 5.63. The molecule has 20 heavy (non-hydrogen) atoms. The first-order valence-electron chi connectivity index (χ1n) is 7.41.